The lowest BCUT2D eigenvalue weighted by Crippen LogP contribution is -2.15. The molecule has 0 radical (unpaired) electrons. The first-order valence-corrected chi connectivity index (χ1v) is 6.71. The van der Waals surface area contributed by atoms with Gasteiger partial charge < -0.3 is 5.32 Å². The van der Waals surface area contributed by atoms with Gasteiger partial charge in [0.2, 0.25) is 0 Å². The highest BCUT2D eigenvalue weighted by Crippen LogP contribution is 2.07. The molecule has 0 aliphatic heterocycles. The average molecular weight is 216 g/mol. The molecule has 0 saturated heterocycles. The molecule has 1 aromatic rings. The van der Waals surface area contributed by atoms with Crippen LogP contribution in [0.5, 0.6) is 0 Å². The Balaban J connectivity index is 2.06. The summed E-state index contributed by atoms with van der Waals surface area (Å²) in [6.07, 6.45) is 3.38. The predicted molar refractivity (Wildman–Crippen MR) is 61.6 cm³/mol. The van der Waals surface area contributed by atoms with Gasteiger partial charge in [0.05, 0.1) is 10.7 Å². The first kappa shape index (κ1) is 11.0. The lowest BCUT2D eigenvalue weighted by Gasteiger charge is -2.00. The number of aromatic nitrogens is 1. The van der Waals surface area contributed by atoms with E-state index < -0.39 is 0 Å². The Morgan fingerprint density at radius 1 is 1.62 bits per heavy atom. The van der Waals surface area contributed by atoms with Crippen molar-refractivity contribution < 1.29 is 0 Å². The van der Waals surface area contributed by atoms with E-state index in [-0.39, 0.29) is 0 Å². The minimum absolute atomic E-state index is 0.915. The second-order valence-electron chi connectivity index (χ2n) is 2.88. The molecule has 0 atom stereocenters. The third-order valence-electron chi connectivity index (χ3n) is 1.67. The maximum absolute atomic E-state index is 4.38. The molecule has 0 saturated carbocycles. The molecule has 0 aliphatic carbocycles. The van der Waals surface area contributed by atoms with Gasteiger partial charge in [-0.3, -0.25) is 0 Å². The highest BCUT2D eigenvalue weighted by atomic mass is 32.2. The van der Waals surface area contributed by atoms with Crippen LogP contribution >= 0.6 is 23.1 Å². The van der Waals surface area contributed by atoms with Crippen molar-refractivity contribution in [3.05, 3.63) is 16.1 Å². The Kier molecular flexibility index (Phi) is 5.43. The summed E-state index contributed by atoms with van der Waals surface area (Å²) in [6.45, 7) is 4.05. The smallest absolute Gasteiger partial charge is 0.0897 e. The van der Waals surface area contributed by atoms with E-state index in [1.165, 1.54) is 17.9 Å². The van der Waals surface area contributed by atoms with Gasteiger partial charge in [-0.05, 0) is 31.9 Å². The van der Waals surface area contributed by atoms with Crippen LogP contribution in [0.4, 0.5) is 0 Å². The van der Waals surface area contributed by atoms with Crippen LogP contribution in [0.2, 0.25) is 0 Å². The summed E-state index contributed by atoms with van der Waals surface area (Å²) < 4.78 is 0. The summed E-state index contributed by atoms with van der Waals surface area (Å²) in [7, 11) is 0. The second kappa shape index (κ2) is 6.40. The first-order chi connectivity index (χ1) is 6.33. The molecule has 13 heavy (non-hydrogen) atoms. The van der Waals surface area contributed by atoms with Crippen molar-refractivity contribution in [2.45, 2.75) is 19.9 Å². The van der Waals surface area contributed by atoms with E-state index in [2.05, 4.69) is 21.9 Å². The fourth-order valence-electron chi connectivity index (χ4n) is 1.05. The van der Waals surface area contributed by atoms with Gasteiger partial charge in [0.1, 0.15) is 0 Å². The number of hydrogen-bond donors (Lipinski definition) is 1. The zero-order valence-electron chi connectivity index (χ0n) is 8.17. The summed E-state index contributed by atoms with van der Waals surface area (Å²) in [5.41, 5.74) is 1.17. The monoisotopic (exact) mass is 216 g/mol. The van der Waals surface area contributed by atoms with Crippen LogP contribution in [-0.2, 0) is 6.54 Å². The number of hydrogen-bond acceptors (Lipinski definition) is 4. The number of thioether (sulfide) groups is 1. The number of thiazole rings is 1. The lowest BCUT2D eigenvalue weighted by molar-refractivity contribution is 0.669. The van der Waals surface area contributed by atoms with E-state index in [1.807, 2.05) is 18.7 Å². The van der Waals surface area contributed by atoms with E-state index in [9.17, 15) is 0 Å². The minimum Gasteiger partial charge on any atom is -0.311 e. The summed E-state index contributed by atoms with van der Waals surface area (Å²) in [6, 6.07) is 0. The van der Waals surface area contributed by atoms with Crippen LogP contribution in [-0.4, -0.2) is 23.5 Å². The van der Waals surface area contributed by atoms with Crippen LogP contribution in [0.1, 0.15) is 17.1 Å². The molecular weight excluding hydrogens is 200 g/mol. The number of nitrogens with zero attached hydrogens (tertiary/aromatic N) is 1. The highest BCUT2D eigenvalue weighted by Gasteiger charge is 1.96. The molecule has 0 amide bonds. The zero-order chi connectivity index (χ0) is 9.52. The third kappa shape index (κ3) is 4.64. The fourth-order valence-corrected chi connectivity index (χ4v) is 2.09. The molecule has 0 unspecified atom stereocenters. The van der Waals surface area contributed by atoms with Gasteiger partial charge in [0.25, 0.3) is 0 Å². The van der Waals surface area contributed by atoms with Crippen LogP contribution in [0, 0.1) is 6.92 Å². The zero-order valence-corrected chi connectivity index (χ0v) is 9.80. The van der Waals surface area contributed by atoms with Crippen LogP contribution < -0.4 is 5.32 Å². The number of nitrogens with one attached hydrogen (secondary N) is 1. The topological polar surface area (TPSA) is 24.9 Å². The molecule has 1 N–H and O–H groups in total. The van der Waals surface area contributed by atoms with E-state index in [0.29, 0.717) is 0 Å². The SMILES string of the molecule is CSCCCNCc1csc(C)n1. The van der Waals surface area contributed by atoms with Crippen molar-refractivity contribution in [1.29, 1.82) is 0 Å². The molecule has 1 heterocycles. The molecule has 0 aliphatic rings. The molecule has 4 heteroatoms. The van der Waals surface area contributed by atoms with Gasteiger partial charge in [0.15, 0.2) is 0 Å². The van der Waals surface area contributed by atoms with Crippen molar-refractivity contribution in [2.24, 2.45) is 0 Å². The van der Waals surface area contributed by atoms with E-state index in [0.717, 1.165) is 18.1 Å². The molecule has 0 fully saturated rings. The van der Waals surface area contributed by atoms with Crippen LogP contribution in [0.15, 0.2) is 5.38 Å². The van der Waals surface area contributed by atoms with Gasteiger partial charge >= 0.3 is 0 Å². The second-order valence-corrected chi connectivity index (χ2v) is 4.93. The lowest BCUT2D eigenvalue weighted by atomic mass is 10.4. The van der Waals surface area contributed by atoms with E-state index in [4.69, 9.17) is 0 Å². The van der Waals surface area contributed by atoms with Gasteiger partial charge in [0, 0.05) is 11.9 Å². The third-order valence-corrected chi connectivity index (χ3v) is 3.19. The molecule has 2 nitrogen and oxygen atoms in total. The summed E-state index contributed by atoms with van der Waals surface area (Å²) in [5, 5.41) is 6.66. The van der Waals surface area contributed by atoms with Crippen molar-refractivity contribution in [1.82, 2.24) is 10.3 Å². The van der Waals surface area contributed by atoms with Crippen molar-refractivity contribution in [2.75, 3.05) is 18.6 Å². The van der Waals surface area contributed by atoms with Gasteiger partial charge in [-0.2, -0.15) is 11.8 Å². The molecule has 0 bridgehead atoms. The minimum atomic E-state index is 0.915. The predicted octanol–water partition coefficient (Wildman–Crippen LogP) is 2.29. The van der Waals surface area contributed by atoms with Crippen molar-refractivity contribution >= 4 is 23.1 Å². The molecule has 74 valence electrons. The maximum Gasteiger partial charge on any atom is 0.0897 e. The number of rotatable bonds is 6. The van der Waals surface area contributed by atoms with Gasteiger partial charge in [-0.15, -0.1) is 11.3 Å². The van der Waals surface area contributed by atoms with Gasteiger partial charge in [-0.25, -0.2) is 4.98 Å². The van der Waals surface area contributed by atoms with E-state index >= 15 is 0 Å². The Bertz CT molecular complexity index is 235. The van der Waals surface area contributed by atoms with Crippen molar-refractivity contribution in [3.63, 3.8) is 0 Å². The quantitative estimate of drug-likeness (QED) is 0.739. The Morgan fingerprint density at radius 3 is 3.08 bits per heavy atom. The van der Waals surface area contributed by atoms with E-state index in [1.54, 1.807) is 11.3 Å². The largest absolute Gasteiger partial charge is 0.311 e. The van der Waals surface area contributed by atoms with Crippen LogP contribution in [0.3, 0.4) is 0 Å². The standard InChI is InChI=1S/C9H16N2S2/c1-8-11-9(7-13-8)6-10-4-3-5-12-2/h7,10H,3-6H2,1-2H3. The fraction of sp³-hybridized carbons (Fsp3) is 0.667. The summed E-state index contributed by atoms with van der Waals surface area (Å²) in [4.78, 5) is 4.38. The molecule has 1 rings (SSSR count). The van der Waals surface area contributed by atoms with Crippen molar-refractivity contribution in [3.8, 4) is 0 Å². The van der Waals surface area contributed by atoms with Crippen LogP contribution in [0.25, 0.3) is 0 Å². The van der Waals surface area contributed by atoms with Gasteiger partial charge in [-0.1, -0.05) is 0 Å². The Hall–Kier alpha value is -0.0600. The molecular formula is C9H16N2S2. The molecule has 0 aromatic carbocycles. The average Bonchev–Trinajstić information content (AvgIpc) is 2.51. The molecule has 1 aromatic heterocycles. The molecule has 0 spiro atoms. The summed E-state index contributed by atoms with van der Waals surface area (Å²) in [5.74, 6) is 1.24. The highest BCUT2D eigenvalue weighted by molar-refractivity contribution is 7.98. The number of aryl methyl sites for hydroxylation is 1. The summed E-state index contributed by atoms with van der Waals surface area (Å²) >= 11 is 3.62. The maximum atomic E-state index is 4.38. The normalized spacial score (nSPS) is 10.6. The Morgan fingerprint density at radius 2 is 2.46 bits per heavy atom. The first-order valence-electron chi connectivity index (χ1n) is 4.43. The Labute approximate surface area is 88.2 Å².